The van der Waals surface area contributed by atoms with Gasteiger partial charge in [-0.3, -0.25) is 4.79 Å². The number of aromatic nitrogens is 5. The van der Waals surface area contributed by atoms with Crippen molar-refractivity contribution in [3.05, 3.63) is 105 Å². The maximum atomic E-state index is 13.4. The Hall–Kier alpha value is -4.76. The molecule has 0 radical (unpaired) electrons. The van der Waals surface area contributed by atoms with Crippen molar-refractivity contribution in [3.63, 3.8) is 0 Å². The van der Waals surface area contributed by atoms with Crippen molar-refractivity contribution in [2.24, 2.45) is 5.92 Å². The van der Waals surface area contributed by atoms with Crippen LogP contribution in [0.1, 0.15) is 31.4 Å². The summed E-state index contributed by atoms with van der Waals surface area (Å²) < 4.78 is 15.0. The molecule has 0 bridgehead atoms. The van der Waals surface area contributed by atoms with Gasteiger partial charge >= 0.3 is 0 Å². The Morgan fingerprint density at radius 3 is 2.43 bits per heavy atom. The number of ether oxygens (including phenoxy) is 2. The first kappa shape index (κ1) is 27.4. The molecule has 9 heteroatoms. The lowest BCUT2D eigenvalue weighted by Crippen LogP contribution is -2.23. The molecular weight excluding hydrogens is 546 g/mol. The van der Waals surface area contributed by atoms with Gasteiger partial charge < -0.3 is 9.47 Å². The van der Waals surface area contributed by atoms with Crippen LogP contribution in [-0.2, 0) is 0 Å². The predicted octanol–water partition coefficient (Wildman–Crippen LogP) is 5.96. The predicted molar refractivity (Wildman–Crippen MR) is 167 cm³/mol. The van der Waals surface area contributed by atoms with Gasteiger partial charge in [0.05, 0.1) is 23.9 Å². The summed E-state index contributed by atoms with van der Waals surface area (Å²) in [5.41, 5.74) is 5.10. The fourth-order valence-electron chi connectivity index (χ4n) is 4.63. The number of hydrogen-bond donors (Lipinski definition) is 0. The first-order chi connectivity index (χ1) is 20.4. The fraction of sp³-hybridized carbons (Fsp3) is 0.212. The Kier molecular flexibility index (Phi) is 7.58. The molecule has 0 atom stereocenters. The van der Waals surface area contributed by atoms with Crippen molar-refractivity contribution in [2.75, 3.05) is 13.7 Å². The zero-order valence-corrected chi connectivity index (χ0v) is 24.8. The van der Waals surface area contributed by atoms with Crippen LogP contribution in [0.25, 0.3) is 39.4 Å². The number of rotatable bonds is 9. The monoisotopic (exact) mass is 577 g/mol. The minimum atomic E-state index is -0.217. The molecule has 3 heterocycles. The number of fused-ring (bicyclic) bond motifs is 1. The summed E-state index contributed by atoms with van der Waals surface area (Å²) in [5.74, 6) is 2.69. The second kappa shape index (κ2) is 11.6. The van der Waals surface area contributed by atoms with E-state index in [9.17, 15) is 4.79 Å². The molecule has 0 aliphatic rings. The smallest absolute Gasteiger partial charge is 0.291 e. The van der Waals surface area contributed by atoms with E-state index in [2.05, 4.69) is 30.0 Å². The van der Waals surface area contributed by atoms with Gasteiger partial charge in [0.2, 0.25) is 4.96 Å². The largest absolute Gasteiger partial charge is 0.497 e. The second-order valence-corrected chi connectivity index (χ2v) is 11.5. The lowest BCUT2D eigenvalue weighted by Gasteiger charge is -2.11. The molecule has 42 heavy (non-hydrogen) atoms. The molecule has 0 aliphatic heterocycles. The molecule has 0 fully saturated rings. The van der Waals surface area contributed by atoms with E-state index in [1.807, 2.05) is 90.6 Å². The van der Waals surface area contributed by atoms with E-state index in [-0.39, 0.29) is 5.56 Å². The standard InChI is InChI=1S/C33H31N5O3S/c1-21(2)16-17-41-28-15-12-24(18-22(28)3)30-25(20-37(35-30)26-8-6-5-7-9-26)19-29-32(39)38-33(42-29)34-31(36-38)23-10-13-27(40-4)14-11-23/h5-15,18-21H,16-17H2,1-4H3/b29-19-. The topological polar surface area (TPSA) is 83.5 Å². The number of para-hydroxylation sites is 1. The lowest BCUT2D eigenvalue weighted by atomic mass is 10.0. The minimum absolute atomic E-state index is 0.217. The van der Waals surface area contributed by atoms with E-state index in [4.69, 9.17) is 14.6 Å². The molecule has 0 amide bonds. The highest BCUT2D eigenvalue weighted by molar-refractivity contribution is 7.15. The summed E-state index contributed by atoms with van der Waals surface area (Å²) in [4.78, 5) is 18.6. The molecule has 3 aromatic heterocycles. The highest BCUT2D eigenvalue weighted by Crippen LogP contribution is 2.29. The van der Waals surface area contributed by atoms with Gasteiger partial charge in [-0.15, -0.1) is 5.10 Å². The van der Waals surface area contributed by atoms with Crippen molar-refractivity contribution in [2.45, 2.75) is 27.2 Å². The Bertz CT molecular complexity index is 1960. The van der Waals surface area contributed by atoms with Gasteiger partial charge in [-0.05, 0) is 85.5 Å². The molecule has 0 saturated heterocycles. The zero-order valence-electron chi connectivity index (χ0n) is 23.9. The third kappa shape index (κ3) is 5.56. The van der Waals surface area contributed by atoms with Crippen LogP contribution < -0.4 is 19.6 Å². The average Bonchev–Trinajstić information content (AvgIpc) is 3.69. The molecular formula is C33H31N5O3S. The average molecular weight is 578 g/mol. The zero-order chi connectivity index (χ0) is 29.2. The van der Waals surface area contributed by atoms with Gasteiger partial charge in [-0.25, -0.2) is 4.68 Å². The summed E-state index contributed by atoms with van der Waals surface area (Å²) >= 11 is 1.31. The molecule has 3 aromatic carbocycles. The summed E-state index contributed by atoms with van der Waals surface area (Å²) in [6.45, 7) is 7.10. The molecule has 0 N–H and O–H groups in total. The SMILES string of the molecule is COc1ccc(-c2nc3s/c(=C\c4cn(-c5ccccc5)nc4-c4ccc(OCCC(C)C)c(C)c4)c(=O)n3n2)cc1. The minimum Gasteiger partial charge on any atom is -0.497 e. The van der Waals surface area contributed by atoms with Crippen molar-refractivity contribution in [1.82, 2.24) is 24.4 Å². The van der Waals surface area contributed by atoms with Gasteiger partial charge in [-0.1, -0.05) is 43.4 Å². The molecule has 0 saturated carbocycles. The first-order valence-electron chi connectivity index (χ1n) is 13.8. The van der Waals surface area contributed by atoms with Crippen molar-refractivity contribution < 1.29 is 9.47 Å². The van der Waals surface area contributed by atoms with Gasteiger partial charge in [0, 0.05) is 22.9 Å². The molecule has 212 valence electrons. The number of methoxy groups -OCH3 is 1. The van der Waals surface area contributed by atoms with Crippen LogP contribution in [0.15, 0.2) is 83.8 Å². The molecule has 0 unspecified atom stereocenters. The van der Waals surface area contributed by atoms with Crippen LogP contribution in [0.3, 0.4) is 0 Å². The summed E-state index contributed by atoms with van der Waals surface area (Å²) in [7, 11) is 1.62. The first-order valence-corrected chi connectivity index (χ1v) is 14.7. The molecule has 6 aromatic rings. The Morgan fingerprint density at radius 2 is 1.74 bits per heavy atom. The number of thiazole rings is 1. The molecule has 6 rings (SSSR count). The molecule has 0 spiro atoms. The maximum Gasteiger partial charge on any atom is 0.291 e. The van der Waals surface area contributed by atoms with Gasteiger partial charge in [-0.2, -0.15) is 14.6 Å². The van der Waals surface area contributed by atoms with Crippen molar-refractivity contribution in [3.8, 4) is 39.8 Å². The highest BCUT2D eigenvalue weighted by atomic mass is 32.1. The van der Waals surface area contributed by atoms with Gasteiger partial charge in [0.25, 0.3) is 5.56 Å². The van der Waals surface area contributed by atoms with Gasteiger partial charge in [0.15, 0.2) is 5.82 Å². The van der Waals surface area contributed by atoms with E-state index >= 15 is 0 Å². The van der Waals surface area contributed by atoms with E-state index in [1.165, 1.54) is 15.9 Å². The lowest BCUT2D eigenvalue weighted by molar-refractivity contribution is 0.288. The third-order valence-electron chi connectivity index (χ3n) is 6.98. The normalized spacial score (nSPS) is 12.0. The highest BCUT2D eigenvalue weighted by Gasteiger charge is 2.16. The van der Waals surface area contributed by atoms with Crippen LogP contribution in [0.4, 0.5) is 0 Å². The quantitative estimate of drug-likeness (QED) is 0.211. The molecule has 0 aliphatic carbocycles. The Labute approximate surface area is 247 Å². The van der Waals surface area contributed by atoms with E-state index < -0.39 is 0 Å². The van der Waals surface area contributed by atoms with Crippen LogP contribution in [0.2, 0.25) is 0 Å². The van der Waals surface area contributed by atoms with Crippen LogP contribution >= 0.6 is 11.3 Å². The van der Waals surface area contributed by atoms with Crippen LogP contribution in [0, 0.1) is 12.8 Å². The number of benzene rings is 3. The van der Waals surface area contributed by atoms with E-state index in [1.54, 1.807) is 7.11 Å². The Balaban J connectivity index is 1.39. The van der Waals surface area contributed by atoms with Crippen LogP contribution in [-0.4, -0.2) is 38.1 Å². The van der Waals surface area contributed by atoms with E-state index in [0.29, 0.717) is 27.8 Å². The van der Waals surface area contributed by atoms with Crippen LogP contribution in [0.5, 0.6) is 11.5 Å². The number of hydrogen-bond acceptors (Lipinski definition) is 7. The summed E-state index contributed by atoms with van der Waals surface area (Å²) in [6.07, 6.45) is 4.83. The molecule has 8 nitrogen and oxygen atoms in total. The third-order valence-corrected chi connectivity index (χ3v) is 7.94. The second-order valence-electron chi connectivity index (χ2n) is 10.5. The summed E-state index contributed by atoms with van der Waals surface area (Å²) in [6, 6.07) is 23.5. The number of aryl methyl sites for hydroxylation is 1. The maximum absolute atomic E-state index is 13.4. The van der Waals surface area contributed by atoms with Gasteiger partial charge in [0.1, 0.15) is 17.2 Å². The van der Waals surface area contributed by atoms with Crippen molar-refractivity contribution in [1.29, 1.82) is 0 Å². The van der Waals surface area contributed by atoms with Crippen molar-refractivity contribution >= 4 is 22.4 Å². The number of nitrogens with zero attached hydrogens (tertiary/aromatic N) is 5. The Morgan fingerprint density at radius 1 is 0.976 bits per heavy atom. The van der Waals surface area contributed by atoms with E-state index in [0.717, 1.165) is 51.6 Å². The summed E-state index contributed by atoms with van der Waals surface area (Å²) in [5, 5.41) is 9.44. The fourth-order valence-corrected chi connectivity index (χ4v) is 5.53.